The summed E-state index contributed by atoms with van der Waals surface area (Å²) in [5.74, 6) is -1.01. The average Bonchev–Trinajstić information content (AvgIpc) is 3.35. The van der Waals surface area contributed by atoms with Gasteiger partial charge in [-0.3, -0.25) is 4.79 Å². The highest BCUT2D eigenvalue weighted by Crippen LogP contribution is 2.43. The van der Waals surface area contributed by atoms with Crippen molar-refractivity contribution < 1.29 is 31.8 Å². The number of hydrogen-bond donors (Lipinski definition) is 2. The summed E-state index contributed by atoms with van der Waals surface area (Å²) in [5.41, 5.74) is 6.12. The number of anilines is 2. The molecule has 0 amide bonds. The molecule has 218 valence electrons. The number of esters is 1. The van der Waals surface area contributed by atoms with Crippen molar-refractivity contribution in [1.29, 1.82) is 0 Å². The molecule has 2 aliphatic heterocycles. The first-order valence-electron chi connectivity index (χ1n) is 13.4. The summed E-state index contributed by atoms with van der Waals surface area (Å²) in [6.07, 6.45) is -5.04. The van der Waals surface area contributed by atoms with E-state index in [1.165, 1.54) is 48.5 Å². The second-order valence-corrected chi connectivity index (χ2v) is 10.4. The first-order valence-corrected chi connectivity index (χ1v) is 13.4. The molecule has 41 heavy (non-hydrogen) atoms. The number of halogens is 4. The number of nitrogens with zero attached hydrogens (tertiary/aromatic N) is 3. The lowest BCUT2D eigenvalue weighted by molar-refractivity contribution is -0.198. The van der Waals surface area contributed by atoms with Crippen molar-refractivity contribution in [3.63, 3.8) is 0 Å². The molecule has 0 aliphatic carbocycles. The van der Waals surface area contributed by atoms with E-state index in [-0.39, 0.29) is 45.9 Å². The summed E-state index contributed by atoms with van der Waals surface area (Å²) < 4.78 is 67.8. The van der Waals surface area contributed by atoms with Gasteiger partial charge in [0, 0.05) is 31.3 Å². The van der Waals surface area contributed by atoms with Crippen molar-refractivity contribution in [2.75, 3.05) is 36.9 Å². The molecule has 1 spiro atoms. The molecule has 0 radical (unpaired) electrons. The van der Waals surface area contributed by atoms with Gasteiger partial charge < -0.3 is 25.4 Å². The number of nitrogens with two attached hydrogens (primary N) is 1. The summed E-state index contributed by atoms with van der Waals surface area (Å²) in [7, 11) is 0. The molecule has 3 heterocycles. The molecule has 2 aromatic carbocycles. The molecule has 2 aliphatic rings. The van der Waals surface area contributed by atoms with E-state index < -0.39 is 18.1 Å². The summed E-state index contributed by atoms with van der Waals surface area (Å²) in [6, 6.07) is 12.2. The van der Waals surface area contributed by atoms with Crippen molar-refractivity contribution in [1.82, 2.24) is 15.3 Å². The minimum absolute atomic E-state index is 0.0756. The molecule has 8 nitrogen and oxygen atoms in total. The topological polar surface area (TPSA) is 103 Å². The van der Waals surface area contributed by atoms with Crippen LogP contribution in [-0.2, 0) is 9.53 Å². The number of ether oxygens (including phenoxy) is 2. The monoisotopic (exact) mass is 573 g/mol. The molecular formula is C29H31F4N5O3. The highest BCUT2D eigenvalue weighted by Gasteiger charge is 2.46. The lowest BCUT2D eigenvalue weighted by Gasteiger charge is -2.39. The molecule has 2 fully saturated rings. The molecule has 3 N–H and O–H groups in total. The number of nitrogens with one attached hydrogen (secondary N) is 1. The molecule has 1 aromatic heterocycles. The molecule has 0 bridgehead atoms. The van der Waals surface area contributed by atoms with Crippen LogP contribution in [0.4, 0.5) is 29.3 Å². The Morgan fingerprint density at radius 2 is 1.90 bits per heavy atom. The van der Waals surface area contributed by atoms with Gasteiger partial charge in [0.15, 0.2) is 0 Å². The number of carbonyl (C=O) groups excluding carboxylic acids is 1. The quantitative estimate of drug-likeness (QED) is 0.299. The molecule has 1 unspecified atom stereocenters. The zero-order chi connectivity index (χ0) is 29.2. The predicted molar refractivity (Wildman–Crippen MR) is 145 cm³/mol. The van der Waals surface area contributed by atoms with Crippen LogP contribution in [0.2, 0.25) is 0 Å². The van der Waals surface area contributed by atoms with Crippen LogP contribution in [0.5, 0.6) is 5.88 Å². The van der Waals surface area contributed by atoms with E-state index in [4.69, 9.17) is 15.2 Å². The minimum Gasteiger partial charge on any atom is -0.465 e. The Hall–Kier alpha value is -3.93. The van der Waals surface area contributed by atoms with E-state index >= 15 is 0 Å². The van der Waals surface area contributed by atoms with Crippen molar-refractivity contribution in [3.05, 3.63) is 66.0 Å². The van der Waals surface area contributed by atoms with Gasteiger partial charge in [0.1, 0.15) is 17.7 Å². The largest absolute Gasteiger partial charge is 0.465 e. The highest BCUT2D eigenvalue weighted by molar-refractivity contribution is 5.76. The Morgan fingerprint density at radius 1 is 1.15 bits per heavy atom. The van der Waals surface area contributed by atoms with Gasteiger partial charge >= 0.3 is 12.1 Å². The van der Waals surface area contributed by atoms with Gasteiger partial charge in [0.25, 0.3) is 0 Å². The van der Waals surface area contributed by atoms with Crippen LogP contribution in [0.25, 0.3) is 11.1 Å². The van der Waals surface area contributed by atoms with E-state index in [9.17, 15) is 22.4 Å². The number of alkyl halides is 3. The van der Waals surface area contributed by atoms with Gasteiger partial charge in [0.05, 0.1) is 6.61 Å². The number of nitrogen functional groups attached to an aromatic ring is 1. The summed E-state index contributed by atoms with van der Waals surface area (Å²) >= 11 is 0. The summed E-state index contributed by atoms with van der Waals surface area (Å²) in [4.78, 5) is 22.3. The SMILES string of the molecule is CCOC(=O)C1CC2(CCN(c3cc(O[C@H](c4ccccc4-c4cccc(F)c4)C(F)(F)F)nc(N)n3)CC2)CN1. The van der Waals surface area contributed by atoms with E-state index in [0.29, 0.717) is 38.5 Å². The van der Waals surface area contributed by atoms with Crippen LogP contribution in [0.3, 0.4) is 0 Å². The van der Waals surface area contributed by atoms with Gasteiger partial charge in [-0.1, -0.05) is 36.4 Å². The van der Waals surface area contributed by atoms with Crippen LogP contribution in [0, 0.1) is 11.2 Å². The standard InChI is InChI=1S/C29H31F4N5O3/c1-2-40-26(39)22-16-28(17-35-22)10-12-38(13-11-28)23-15-24(37-27(34)36-23)41-25(29(31,32)33)21-9-4-3-8-20(21)18-6-5-7-19(30)14-18/h3-9,14-15,22,25,35H,2,10-13,16-17H2,1H3,(H2,34,36,37)/t22?,25-/m1/s1. The molecule has 0 saturated carbocycles. The Kier molecular flexibility index (Phi) is 8.03. The van der Waals surface area contributed by atoms with Crippen LogP contribution in [-0.4, -0.2) is 54.4 Å². The van der Waals surface area contributed by atoms with Gasteiger partial charge in [-0.05, 0) is 54.9 Å². The van der Waals surface area contributed by atoms with Crippen molar-refractivity contribution in [2.45, 2.75) is 44.5 Å². The number of rotatable bonds is 7. The molecule has 5 rings (SSSR count). The Labute approximate surface area is 234 Å². The molecular weight excluding hydrogens is 542 g/mol. The van der Waals surface area contributed by atoms with Crippen molar-refractivity contribution >= 4 is 17.7 Å². The Morgan fingerprint density at radius 3 is 2.61 bits per heavy atom. The van der Waals surface area contributed by atoms with Crippen LogP contribution in [0.1, 0.15) is 37.9 Å². The number of aromatic nitrogens is 2. The second-order valence-electron chi connectivity index (χ2n) is 10.4. The number of hydrogen-bond acceptors (Lipinski definition) is 8. The summed E-state index contributed by atoms with van der Waals surface area (Å²) in [5, 5.41) is 3.26. The smallest absolute Gasteiger partial charge is 0.429 e. The fourth-order valence-corrected chi connectivity index (χ4v) is 5.64. The maximum atomic E-state index is 14.4. The van der Waals surface area contributed by atoms with Crippen LogP contribution < -0.4 is 20.7 Å². The number of carbonyl (C=O) groups is 1. The maximum Gasteiger partial charge on any atom is 0.429 e. The lowest BCUT2D eigenvalue weighted by atomic mass is 9.76. The fraction of sp³-hybridized carbons (Fsp3) is 0.414. The minimum atomic E-state index is -4.81. The molecule has 2 atom stereocenters. The van der Waals surface area contributed by atoms with E-state index in [0.717, 1.165) is 12.8 Å². The normalized spacial score (nSPS) is 19.2. The lowest BCUT2D eigenvalue weighted by Crippen LogP contribution is -2.41. The molecule has 12 heteroatoms. The third kappa shape index (κ3) is 6.37. The summed E-state index contributed by atoms with van der Waals surface area (Å²) in [6.45, 7) is 3.91. The number of piperidine rings is 1. The van der Waals surface area contributed by atoms with Gasteiger partial charge in [-0.2, -0.15) is 23.1 Å². The van der Waals surface area contributed by atoms with Crippen molar-refractivity contribution in [3.8, 4) is 17.0 Å². The third-order valence-corrected chi connectivity index (χ3v) is 7.70. The van der Waals surface area contributed by atoms with E-state index in [2.05, 4.69) is 15.3 Å². The highest BCUT2D eigenvalue weighted by atomic mass is 19.4. The Balaban J connectivity index is 1.36. The predicted octanol–water partition coefficient (Wildman–Crippen LogP) is 5.06. The second kappa shape index (κ2) is 11.5. The first kappa shape index (κ1) is 28.6. The fourth-order valence-electron chi connectivity index (χ4n) is 5.64. The average molecular weight is 574 g/mol. The number of benzene rings is 2. The third-order valence-electron chi connectivity index (χ3n) is 7.70. The van der Waals surface area contributed by atoms with E-state index in [1.807, 2.05) is 4.90 Å². The zero-order valence-electron chi connectivity index (χ0n) is 22.5. The zero-order valence-corrected chi connectivity index (χ0v) is 22.5. The van der Waals surface area contributed by atoms with Gasteiger partial charge in [0.2, 0.25) is 17.9 Å². The van der Waals surface area contributed by atoms with Gasteiger partial charge in [-0.25, -0.2) is 4.39 Å². The molecule has 2 saturated heterocycles. The van der Waals surface area contributed by atoms with Gasteiger partial charge in [-0.15, -0.1) is 0 Å². The van der Waals surface area contributed by atoms with Crippen molar-refractivity contribution in [2.24, 2.45) is 5.41 Å². The first-order chi connectivity index (χ1) is 19.6. The molecule has 3 aromatic rings. The van der Waals surface area contributed by atoms with Crippen LogP contribution in [0.15, 0.2) is 54.6 Å². The Bertz CT molecular complexity index is 1390. The maximum absolute atomic E-state index is 14.4. The van der Waals surface area contributed by atoms with E-state index in [1.54, 1.807) is 13.0 Å². The van der Waals surface area contributed by atoms with Crippen LogP contribution >= 0.6 is 0 Å².